The predicted molar refractivity (Wildman–Crippen MR) is 41.7 cm³/mol. The van der Waals surface area contributed by atoms with Gasteiger partial charge in [0.2, 0.25) is 0 Å². The summed E-state index contributed by atoms with van der Waals surface area (Å²) in [6.45, 7) is 2.78. The van der Waals surface area contributed by atoms with E-state index in [1.807, 2.05) is 13.0 Å². The molecule has 2 heteroatoms. The molecule has 0 saturated carbocycles. The van der Waals surface area contributed by atoms with E-state index in [4.69, 9.17) is 0 Å². The first-order valence-electron chi connectivity index (χ1n) is 3.79. The van der Waals surface area contributed by atoms with Crippen LogP contribution < -0.4 is 5.32 Å². The van der Waals surface area contributed by atoms with E-state index in [0.717, 1.165) is 17.7 Å². The van der Waals surface area contributed by atoms with Crippen LogP contribution in [0.4, 0.5) is 4.39 Å². The summed E-state index contributed by atoms with van der Waals surface area (Å²) < 4.78 is 13.1. The van der Waals surface area contributed by atoms with Crippen LogP contribution in [0, 0.1) is 5.82 Å². The molecule has 0 spiro atoms. The molecule has 1 aliphatic rings. The number of rotatable bonds is 0. The zero-order chi connectivity index (χ0) is 7.84. The molecule has 1 unspecified atom stereocenters. The minimum Gasteiger partial charge on any atom is -0.306 e. The van der Waals surface area contributed by atoms with Gasteiger partial charge in [0.15, 0.2) is 0 Å². The number of nitrogens with one attached hydrogen (secondary N) is 1. The summed E-state index contributed by atoms with van der Waals surface area (Å²) in [7, 11) is 0. The molecule has 0 amide bonds. The van der Waals surface area contributed by atoms with E-state index < -0.39 is 0 Å². The molecule has 0 aliphatic carbocycles. The molecule has 1 atom stereocenters. The normalized spacial score (nSPS) is 21.8. The summed E-state index contributed by atoms with van der Waals surface area (Å²) in [5, 5.41) is 3.19. The van der Waals surface area contributed by atoms with Crippen molar-refractivity contribution in [2.45, 2.75) is 19.5 Å². The van der Waals surface area contributed by atoms with E-state index in [0.29, 0.717) is 0 Å². The lowest BCUT2D eigenvalue weighted by Crippen LogP contribution is -2.07. The van der Waals surface area contributed by atoms with Crippen molar-refractivity contribution < 1.29 is 4.39 Å². The van der Waals surface area contributed by atoms with Crippen LogP contribution in [0.15, 0.2) is 18.2 Å². The molecular formula is C9H10FN. The van der Waals surface area contributed by atoms with Crippen molar-refractivity contribution in [1.82, 2.24) is 5.32 Å². The summed E-state index contributed by atoms with van der Waals surface area (Å²) in [6, 6.07) is 5.41. The number of hydrogen-bond donors (Lipinski definition) is 1. The van der Waals surface area contributed by atoms with Crippen LogP contribution in [0.2, 0.25) is 0 Å². The molecule has 2 rings (SSSR count). The Balaban J connectivity index is 2.58. The van der Waals surface area contributed by atoms with Gasteiger partial charge in [-0.25, -0.2) is 4.39 Å². The molecule has 0 aromatic heterocycles. The highest BCUT2D eigenvalue weighted by atomic mass is 19.1. The Labute approximate surface area is 65.2 Å². The third-order valence-electron chi connectivity index (χ3n) is 2.17. The maximum atomic E-state index is 13.1. The average molecular weight is 151 g/mol. The fraction of sp³-hybridized carbons (Fsp3) is 0.333. The topological polar surface area (TPSA) is 12.0 Å². The fourth-order valence-corrected chi connectivity index (χ4v) is 1.59. The summed E-state index contributed by atoms with van der Waals surface area (Å²) in [5.74, 6) is -0.0833. The molecule has 1 aromatic rings. The number of hydrogen-bond acceptors (Lipinski definition) is 1. The molecule has 11 heavy (non-hydrogen) atoms. The first-order chi connectivity index (χ1) is 5.29. The zero-order valence-electron chi connectivity index (χ0n) is 6.39. The molecular weight excluding hydrogens is 141 g/mol. The summed E-state index contributed by atoms with van der Waals surface area (Å²) in [6.07, 6.45) is 0. The Morgan fingerprint density at radius 3 is 3.09 bits per heavy atom. The summed E-state index contributed by atoms with van der Waals surface area (Å²) in [4.78, 5) is 0. The number of fused-ring (bicyclic) bond motifs is 1. The Kier molecular flexibility index (Phi) is 1.43. The molecule has 0 radical (unpaired) electrons. The van der Waals surface area contributed by atoms with Gasteiger partial charge in [-0.1, -0.05) is 12.1 Å². The minimum atomic E-state index is -0.0833. The van der Waals surface area contributed by atoms with Crippen molar-refractivity contribution >= 4 is 0 Å². The van der Waals surface area contributed by atoms with Gasteiger partial charge in [0, 0.05) is 18.2 Å². The molecule has 58 valence electrons. The lowest BCUT2D eigenvalue weighted by atomic mass is 10.1. The summed E-state index contributed by atoms with van der Waals surface area (Å²) >= 11 is 0. The third-order valence-corrected chi connectivity index (χ3v) is 2.17. The number of benzene rings is 1. The molecule has 1 N–H and O–H groups in total. The maximum absolute atomic E-state index is 13.1. The van der Waals surface area contributed by atoms with Gasteiger partial charge in [0.05, 0.1) is 0 Å². The smallest absolute Gasteiger partial charge is 0.128 e. The molecule has 0 bridgehead atoms. The molecule has 1 heterocycles. The Morgan fingerprint density at radius 1 is 1.55 bits per heavy atom. The zero-order valence-corrected chi connectivity index (χ0v) is 6.39. The maximum Gasteiger partial charge on any atom is 0.128 e. The van der Waals surface area contributed by atoms with Crippen molar-refractivity contribution in [3.8, 4) is 0 Å². The van der Waals surface area contributed by atoms with E-state index in [9.17, 15) is 4.39 Å². The highest BCUT2D eigenvalue weighted by Crippen LogP contribution is 2.26. The Morgan fingerprint density at radius 2 is 2.36 bits per heavy atom. The van der Waals surface area contributed by atoms with Gasteiger partial charge in [0.25, 0.3) is 0 Å². The summed E-state index contributed by atoms with van der Waals surface area (Å²) in [5.41, 5.74) is 1.94. The quantitative estimate of drug-likeness (QED) is 0.598. The Hall–Kier alpha value is -0.890. The lowest BCUT2D eigenvalue weighted by Gasteiger charge is -2.04. The van der Waals surface area contributed by atoms with Gasteiger partial charge in [-0.15, -0.1) is 0 Å². The third kappa shape index (κ3) is 0.942. The van der Waals surface area contributed by atoms with Gasteiger partial charge < -0.3 is 5.32 Å². The van der Waals surface area contributed by atoms with E-state index in [1.54, 1.807) is 6.07 Å². The highest BCUT2D eigenvalue weighted by Gasteiger charge is 2.20. The standard InChI is InChI=1S/C9H10FN/c1-6-9-7(5-11-6)3-2-4-8(9)10/h2-4,6,11H,5H2,1H3. The van der Waals surface area contributed by atoms with E-state index in [2.05, 4.69) is 5.32 Å². The molecule has 0 fully saturated rings. The molecule has 1 aromatic carbocycles. The SMILES string of the molecule is CC1NCc2cccc(F)c21. The van der Waals surface area contributed by atoms with E-state index in [-0.39, 0.29) is 11.9 Å². The molecule has 1 nitrogen and oxygen atoms in total. The van der Waals surface area contributed by atoms with Gasteiger partial charge in [-0.2, -0.15) is 0 Å². The van der Waals surface area contributed by atoms with Crippen molar-refractivity contribution in [2.24, 2.45) is 0 Å². The van der Waals surface area contributed by atoms with Crippen molar-refractivity contribution in [2.75, 3.05) is 0 Å². The Bertz CT molecular complexity index is 283. The van der Waals surface area contributed by atoms with Gasteiger partial charge in [0.1, 0.15) is 5.82 Å². The largest absolute Gasteiger partial charge is 0.306 e. The van der Waals surface area contributed by atoms with Crippen molar-refractivity contribution in [1.29, 1.82) is 0 Å². The number of halogens is 1. The molecule has 1 aliphatic heterocycles. The van der Waals surface area contributed by atoms with Gasteiger partial charge >= 0.3 is 0 Å². The first-order valence-corrected chi connectivity index (χ1v) is 3.79. The van der Waals surface area contributed by atoms with Crippen LogP contribution in [0.25, 0.3) is 0 Å². The van der Waals surface area contributed by atoms with Gasteiger partial charge in [-0.05, 0) is 18.6 Å². The van der Waals surface area contributed by atoms with E-state index >= 15 is 0 Å². The predicted octanol–water partition coefficient (Wildman–Crippen LogP) is 1.99. The van der Waals surface area contributed by atoms with Crippen LogP contribution in [0.5, 0.6) is 0 Å². The van der Waals surface area contributed by atoms with E-state index in [1.165, 1.54) is 6.07 Å². The fourth-order valence-electron chi connectivity index (χ4n) is 1.59. The van der Waals surface area contributed by atoms with Crippen molar-refractivity contribution in [3.63, 3.8) is 0 Å². The second-order valence-corrected chi connectivity index (χ2v) is 2.92. The van der Waals surface area contributed by atoms with Gasteiger partial charge in [-0.3, -0.25) is 0 Å². The van der Waals surface area contributed by atoms with Crippen LogP contribution in [-0.2, 0) is 6.54 Å². The highest BCUT2D eigenvalue weighted by molar-refractivity contribution is 5.34. The second-order valence-electron chi connectivity index (χ2n) is 2.92. The average Bonchev–Trinajstić information content (AvgIpc) is 2.34. The van der Waals surface area contributed by atoms with Crippen molar-refractivity contribution in [3.05, 3.63) is 35.1 Å². The van der Waals surface area contributed by atoms with Crippen LogP contribution in [0.1, 0.15) is 24.1 Å². The second kappa shape index (κ2) is 2.31. The molecule has 0 saturated heterocycles. The first kappa shape index (κ1) is 6.80. The monoisotopic (exact) mass is 151 g/mol. The lowest BCUT2D eigenvalue weighted by molar-refractivity contribution is 0.571. The van der Waals surface area contributed by atoms with Crippen LogP contribution >= 0.6 is 0 Å². The van der Waals surface area contributed by atoms with Crippen LogP contribution in [0.3, 0.4) is 0 Å². The minimum absolute atomic E-state index is 0.0833. The van der Waals surface area contributed by atoms with Crippen LogP contribution in [-0.4, -0.2) is 0 Å².